The van der Waals surface area contributed by atoms with Gasteiger partial charge in [0.2, 0.25) is 5.91 Å². The average molecular weight is 398 g/mol. The second kappa shape index (κ2) is 11.3. The quantitative estimate of drug-likeness (QED) is 0.515. The van der Waals surface area contributed by atoms with Gasteiger partial charge in [-0.3, -0.25) is 14.6 Å². The summed E-state index contributed by atoms with van der Waals surface area (Å²) in [5.74, 6) is -1.28. The van der Waals surface area contributed by atoms with E-state index in [2.05, 4.69) is 20.6 Å². The molecule has 2 aromatic rings. The van der Waals surface area contributed by atoms with Gasteiger partial charge in [-0.15, -0.1) is 0 Å². The largest absolute Gasteiger partial charge is 0.477 e. The molecule has 0 saturated carbocycles. The molecule has 0 aliphatic heterocycles. The standard InChI is InChI=1S/C20H27BN4O4/c1-14(2)11-18(21(28)29-3)25-19(26)16(12-15-7-5-4-6-8-15)24-20(27)17-13-22-9-10-23-17/h4-10,13-14,16,18,28H,11-12H2,1-3H3,(H,24,27)(H,25,26)/t16?,18-/m0/s1. The van der Waals surface area contributed by atoms with Crippen LogP contribution >= 0.6 is 0 Å². The zero-order chi connectivity index (χ0) is 21.2. The molecule has 9 heteroatoms. The van der Waals surface area contributed by atoms with E-state index in [1.807, 2.05) is 44.2 Å². The summed E-state index contributed by atoms with van der Waals surface area (Å²) in [6.45, 7) is 3.97. The van der Waals surface area contributed by atoms with Gasteiger partial charge in [-0.1, -0.05) is 44.2 Å². The van der Waals surface area contributed by atoms with Gasteiger partial charge in [0, 0.05) is 25.9 Å². The van der Waals surface area contributed by atoms with Crippen LogP contribution in [0.3, 0.4) is 0 Å². The number of amides is 2. The fraction of sp³-hybridized carbons (Fsp3) is 0.400. The Morgan fingerprint density at radius 2 is 1.90 bits per heavy atom. The van der Waals surface area contributed by atoms with Crippen molar-refractivity contribution < 1.29 is 19.3 Å². The fourth-order valence-electron chi connectivity index (χ4n) is 2.91. The summed E-state index contributed by atoms with van der Waals surface area (Å²) in [4.78, 5) is 33.4. The number of carbonyl (C=O) groups excluding carboxylic acids is 2. The Hall–Kier alpha value is -2.78. The van der Waals surface area contributed by atoms with Crippen molar-refractivity contribution in [2.75, 3.05) is 7.11 Å². The minimum absolute atomic E-state index is 0.119. The van der Waals surface area contributed by atoms with Crippen LogP contribution < -0.4 is 10.6 Å². The smallest absolute Gasteiger partial charge is 0.426 e. The van der Waals surface area contributed by atoms with Gasteiger partial charge >= 0.3 is 7.12 Å². The number of carbonyl (C=O) groups is 2. The molecule has 0 spiro atoms. The third-order valence-corrected chi connectivity index (χ3v) is 4.34. The van der Waals surface area contributed by atoms with Gasteiger partial charge in [0.25, 0.3) is 5.91 Å². The molecule has 0 radical (unpaired) electrons. The van der Waals surface area contributed by atoms with E-state index in [0.29, 0.717) is 6.42 Å². The molecule has 8 nitrogen and oxygen atoms in total. The van der Waals surface area contributed by atoms with Crippen LogP contribution in [-0.2, 0) is 15.9 Å². The minimum Gasteiger partial charge on any atom is -0.426 e. The lowest BCUT2D eigenvalue weighted by atomic mass is 9.74. The predicted molar refractivity (Wildman–Crippen MR) is 110 cm³/mol. The van der Waals surface area contributed by atoms with E-state index in [1.165, 1.54) is 25.7 Å². The van der Waals surface area contributed by atoms with Crippen LogP contribution in [0.5, 0.6) is 0 Å². The van der Waals surface area contributed by atoms with Gasteiger partial charge in [-0.05, 0) is 17.9 Å². The van der Waals surface area contributed by atoms with Gasteiger partial charge in [-0.25, -0.2) is 4.98 Å². The van der Waals surface area contributed by atoms with Crippen molar-refractivity contribution in [1.82, 2.24) is 20.6 Å². The molecular formula is C20H27BN4O4. The summed E-state index contributed by atoms with van der Waals surface area (Å²) in [5.41, 5.74) is 1.01. The van der Waals surface area contributed by atoms with Crippen LogP contribution in [0.4, 0.5) is 0 Å². The summed E-state index contributed by atoms with van der Waals surface area (Å²) in [6, 6.07) is 8.51. The number of hydrogen-bond donors (Lipinski definition) is 3. The molecule has 0 aliphatic rings. The van der Waals surface area contributed by atoms with E-state index in [0.717, 1.165) is 5.56 Å². The van der Waals surface area contributed by atoms with Crippen LogP contribution in [0, 0.1) is 5.92 Å². The van der Waals surface area contributed by atoms with E-state index >= 15 is 0 Å². The normalized spacial score (nSPS) is 12.9. The first-order valence-electron chi connectivity index (χ1n) is 9.52. The van der Waals surface area contributed by atoms with Crippen LogP contribution in [-0.4, -0.2) is 53.0 Å². The second-order valence-electron chi connectivity index (χ2n) is 7.18. The molecule has 1 aromatic carbocycles. The van der Waals surface area contributed by atoms with Crippen molar-refractivity contribution in [3.05, 3.63) is 60.2 Å². The Balaban J connectivity index is 2.18. The van der Waals surface area contributed by atoms with Gasteiger partial charge in [0.15, 0.2) is 0 Å². The molecular weight excluding hydrogens is 371 g/mol. The van der Waals surface area contributed by atoms with Crippen LogP contribution in [0.25, 0.3) is 0 Å². The number of benzene rings is 1. The third kappa shape index (κ3) is 7.28. The highest BCUT2D eigenvalue weighted by Crippen LogP contribution is 2.09. The van der Waals surface area contributed by atoms with E-state index in [-0.39, 0.29) is 18.0 Å². The molecule has 2 rings (SSSR count). The monoisotopic (exact) mass is 398 g/mol. The first kappa shape index (κ1) is 22.5. The highest BCUT2D eigenvalue weighted by molar-refractivity contribution is 6.45. The van der Waals surface area contributed by atoms with Crippen LogP contribution in [0.2, 0.25) is 0 Å². The molecule has 0 aliphatic carbocycles. The van der Waals surface area contributed by atoms with Crippen molar-refractivity contribution in [2.45, 2.75) is 38.7 Å². The van der Waals surface area contributed by atoms with Gasteiger partial charge in [0.1, 0.15) is 11.7 Å². The fourth-order valence-corrected chi connectivity index (χ4v) is 2.91. The highest BCUT2D eigenvalue weighted by atomic mass is 16.5. The number of aromatic nitrogens is 2. The average Bonchev–Trinajstić information content (AvgIpc) is 2.73. The lowest BCUT2D eigenvalue weighted by Crippen LogP contribution is -2.55. The zero-order valence-electron chi connectivity index (χ0n) is 16.9. The molecule has 0 saturated heterocycles. The Morgan fingerprint density at radius 1 is 1.17 bits per heavy atom. The number of nitrogens with zero attached hydrogens (tertiary/aromatic N) is 2. The summed E-state index contributed by atoms with van der Waals surface area (Å²) >= 11 is 0. The summed E-state index contributed by atoms with van der Waals surface area (Å²) < 4.78 is 5.00. The maximum atomic E-state index is 13.0. The first-order valence-corrected chi connectivity index (χ1v) is 9.52. The van der Waals surface area contributed by atoms with E-state index < -0.39 is 30.9 Å². The van der Waals surface area contributed by atoms with E-state index in [4.69, 9.17) is 4.65 Å². The Bertz CT molecular complexity index is 777. The summed E-state index contributed by atoms with van der Waals surface area (Å²) in [5, 5.41) is 15.6. The number of rotatable bonds is 10. The molecule has 2 amide bonds. The first-order chi connectivity index (χ1) is 13.9. The lowest BCUT2D eigenvalue weighted by Gasteiger charge is -2.25. The zero-order valence-corrected chi connectivity index (χ0v) is 16.9. The molecule has 1 unspecified atom stereocenters. The van der Waals surface area contributed by atoms with Crippen LogP contribution in [0.1, 0.15) is 36.3 Å². The van der Waals surface area contributed by atoms with Crippen molar-refractivity contribution in [3.8, 4) is 0 Å². The highest BCUT2D eigenvalue weighted by Gasteiger charge is 2.31. The Morgan fingerprint density at radius 3 is 2.48 bits per heavy atom. The predicted octanol–water partition coefficient (Wildman–Crippen LogP) is 1.01. The van der Waals surface area contributed by atoms with Crippen molar-refractivity contribution in [1.29, 1.82) is 0 Å². The molecule has 154 valence electrons. The van der Waals surface area contributed by atoms with Crippen molar-refractivity contribution in [3.63, 3.8) is 0 Å². The maximum absolute atomic E-state index is 13.0. The molecule has 2 atom stereocenters. The molecule has 1 heterocycles. The topological polar surface area (TPSA) is 113 Å². The second-order valence-corrected chi connectivity index (χ2v) is 7.18. The van der Waals surface area contributed by atoms with Gasteiger partial charge < -0.3 is 20.3 Å². The van der Waals surface area contributed by atoms with Gasteiger partial charge in [0.05, 0.1) is 12.1 Å². The summed E-state index contributed by atoms with van der Waals surface area (Å²) in [6.07, 6.45) is 5.03. The molecule has 0 fully saturated rings. The van der Waals surface area contributed by atoms with Crippen LogP contribution in [0.15, 0.2) is 48.9 Å². The molecule has 0 bridgehead atoms. The van der Waals surface area contributed by atoms with Crippen molar-refractivity contribution >= 4 is 18.9 Å². The Labute approximate surface area is 171 Å². The maximum Gasteiger partial charge on any atom is 0.477 e. The SMILES string of the molecule is COB(O)[C@H](CC(C)C)NC(=O)C(Cc1ccccc1)NC(=O)c1cnccn1. The van der Waals surface area contributed by atoms with Crippen molar-refractivity contribution in [2.24, 2.45) is 5.92 Å². The van der Waals surface area contributed by atoms with E-state index in [9.17, 15) is 14.6 Å². The third-order valence-electron chi connectivity index (χ3n) is 4.34. The summed E-state index contributed by atoms with van der Waals surface area (Å²) in [7, 11) is 0.232. The lowest BCUT2D eigenvalue weighted by molar-refractivity contribution is -0.123. The minimum atomic E-state index is -1.14. The van der Waals surface area contributed by atoms with Gasteiger partial charge in [-0.2, -0.15) is 0 Å². The number of hydrogen-bond acceptors (Lipinski definition) is 6. The molecule has 1 aromatic heterocycles. The molecule has 29 heavy (non-hydrogen) atoms. The molecule has 3 N–H and O–H groups in total. The number of nitrogens with one attached hydrogen (secondary N) is 2. The Kier molecular flexibility index (Phi) is 8.76. The van der Waals surface area contributed by atoms with E-state index in [1.54, 1.807) is 0 Å².